The number of likely N-dealkylation sites (tertiary alicyclic amines) is 2. The Kier molecular flexibility index (Phi) is 12.9. The smallest absolute Gasteiger partial charge is 0.407 e. The van der Waals surface area contributed by atoms with Crippen molar-refractivity contribution in [3.05, 3.63) is 113 Å². The Labute approximate surface area is 416 Å². The summed E-state index contributed by atoms with van der Waals surface area (Å²) in [6.07, 6.45) is 4.98. The van der Waals surface area contributed by atoms with Gasteiger partial charge in [-0.3, -0.25) is 9.59 Å². The van der Waals surface area contributed by atoms with E-state index in [0.717, 1.165) is 87.2 Å². The molecule has 5 atom stereocenters. The number of nitrogens with zero attached hydrogens (tertiary/aromatic N) is 5. The van der Waals surface area contributed by atoms with Crippen molar-refractivity contribution < 1.29 is 33.4 Å². The monoisotopic (exact) mass is 977 g/mol. The number of fused-ring (bicyclic) bond motifs is 5. The number of carbonyl (C=O) groups excluding carboxylic acids is 4. The molecule has 0 radical (unpaired) electrons. The highest BCUT2D eigenvalue weighted by atomic mass is 32.1. The van der Waals surface area contributed by atoms with Crippen LogP contribution in [0.4, 0.5) is 9.59 Å². The number of aromatic amines is 2. The lowest BCUT2D eigenvalue weighted by Gasteiger charge is -2.31. The van der Waals surface area contributed by atoms with Crippen molar-refractivity contribution in [1.82, 2.24) is 44.9 Å². The van der Waals surface area contributed by atoms with Gasteiger partial charge in [-0.15, -0.1) is 11.3 Å². The molecule has 4 N–H and O–H groups in total. The Balaban J connectivity index is 0.978. The van der Waals surface area contributed by atoms with Crippen LogP contribution in [0.1, 0.15) is 93.8 Å². The summed E-state index contributed by atoms with van der Waals surface area (Å²) in [6, 6.07) is 25.7. The number of amides is 4. The second-order valence-electron chi connectivity index (χ2n) is 19.3. The van der Waals surface area contributed by atoms with Gasteiger partial charge >= 0.3 is 12.2 Å². The van der Waals surface area contributed by atoms with Crippen LogP contribution in [0, 0.1) is 18.8 Å². The van der Waals surface area contributed by atoms with Gasteiger partial charge in [0.2, 0.25) is 18.0 Å². The first-order valence-corrected chi connectivity index (χ1v) is 25.1. The van der Waals surface area contributed by atoms with Crippen molar-refractivity contribution in [2.75, 3.05) is 27.3 Å². The number of imidazole rings is 2. The number of aromatic nitrogens is 5. The van der Waals surface area contributed by atoms with Gasteiger partial charge in [-0.2, -0.15) is 0 Å². The number of methoxy groups -OCH3 is 2. The van der Waals surface area contributed by atoms with Crippen LogP contribution < -0.4 is 15.4 Å². The van der Waals surface area contributed by atoms with Gasteiger partial charge in [-0.05, 0) is 98.5 Å². The molecule has 3 aromatic carbocycles. The average Bonchev–Trinajstić information content (AvgIpc) is 4.24. The predicted octanol–water partition coefficient (Wildman–Crippen LogP) is 10.2. The van der Waals surface area contributed by atoms with Gasteiger partial charge in [0.05, 0.1) is 61.3 Å². The van der Waals surface area contributed by atoms with E-state index < -0.39 is 30.5 Å². The van der Waals surface area contributed by atoms with Crippen molar-refractivity contribution in [2.45, 2.75) is 90.7 Å². The standard InChI is InChI=1S/C54H59N9O7S/c1-29(2)46(59-53(66)68-6)50(64)61-21-9-13-41(61)48-55-27-38(57-48)32-17-19-40-36(23-32)25-43-37-18-16-33(26-44(37)70-52(63(40)43)35-12-8-11-34(24-35)45-20-15-31(5)71-45)39-28-56-49(58-39)42-14-10-22-62(42)51(65)47(30(3)4)60-54(67)69-7/h8,11-12,15-20,23-30,41-42,46-47,52H,9-10,13-14,21-22H2,1-7H3,(H,55,57)(H,56,58)(H,59,66)(H,60,67). The summed E-state index contributed by atoms with van der Waals surface area (Å²) in [7, 11) is 2.59. The van der Waals surface area contributed by atoms with Crippen LogP contribution in [-0.4, -0.2) is 97.7 Å². The SMILES string of the molecule is COC(=O)NC(C(=O)N1CCCC1c1ncc(-c2ccc3c(c2)OC(c2cccc(-c4ccc(C)s4)c2)n2c-3cc3cc(-c4cnc(C5CCCN5C(=O)C(NC(=O)OC)C(C)C)[nH]4)ccc32)[nH]1)C(C)C. The third-order valence-corrected chi connectivity index (χ3v) is 15.1. The molecule has 2 saturated heterocycles. The molecule has 7 aromatic rings. The molecule has 0 saturated carbocycles. The third kappa shape index (κ3) is 9.03. The molecule has 368 valence electrons. The molecule has 17 heteroatoms. The maximum absolute atomic E-state index is 13.9. The molecule has 0 spiro atoms. The number of benzene rings is 3. The number of aryl methyl sites for hydroxylation is 1. The Morgan fingerprint density at radius 1 is 0.718 bits per heavy atom. The van der Waals surface area contributed by atoms with Gasteiger partial charge in [0.25, 0.3) is 0 Å². The van der Waals surface area contributed by atoms with E-state index >= 15 is 0 Å². The largest absolute Gasteiger partial charge is 0.465 e. The molecule has 3 aliphatic heterocycles. The number of H-pyrrole nitrogens is 2. The number of hydrogen-bond donors (Lipinski definition) is 4. The summed E-state index contributed by atoms with van der Waals surface area (Å²) in [6.45, 7) is 10.9. The first-order chi connectivity index (χ1) is 34.3. The lowest BCUT2D eigenvalue weighted by atomic mass is 10.0. The van der Waals surface area contributed by atoms with Crippen LogP contribution in [0.5, 0.6) is 5.75 Å². The van der Waals surface area contributed by atoms with Gasteiger partial charge in [-0.25, -0.2) is 19.6 Å². The quantitative estimate of drug-likeness (QED) is 0.0924. The summed E-state index contributed by atoms with van der Waals surface area (Å²) in [4.78, 5) is 74.9. The van der Waals surface area contributed by atoms with E-state index in [1.807, 2.05) is 49.9 Å². The molecule has 10 rings (SSSR count). The normalized spacial score (nSPS) is 18.3. The van der Waals surface area contributed by atoms with Crippen LogP contribution in [0.2, 0.25) is 0 Å². The van der Waals surface area contributed by atoms with Gasteiger partial charge in [0, 0.05) is 50.5 Å². The van der Waals surface area contributed by atoms with Crippen LogP contribution in [0.3, 0.4) is 0 Å². The zero-order valence-electron chi connectivity index (χ0n) is 40.9. The maximum atomic E-state index is 13.9. The summed E-state index contributed by atoms with van der Waals surface area (Å²) in [5.74, 6) is 1.52. The Hall–Kier alpha value is -7.40. The van der Waals surface area contributed by atoms with E-state index in [1.165, 1.54) is 24.0 Å². The molecular weight excluding hydrogens is 919 g/mol. The molecule has 0 aliphatic carbocycles. The van der Waals surface area contributed by atoms with E-state index in [0.29, 0.717) is 24.7 Å². The summed E-state index contributed by atoms with van der Waals surface area (Å²) >= 11 is 1.76. The highest BCUT2D eigenvalue weighted by Gasteiger charge is 2.39. The zero-order valence-corrected chi connectivity index (χ0v) is 41.8. The van der Waals surface area contributed by atoms with E-state index in [2.05, 4.69) is 111 Å². The maximum Gasteiger partial charge on any atom is 0.407 e. The lowest BCUT2D eigenvalue weighted by molar-refractivity contribution is -0.136. The second-order valence-corrected chi connectivity index (χ2v) is 20.6. The first-order valence-electron chi connectivity index (χ1n) is 24.3. The minimum Gasteiger partial charge on any atom is -0.465 e. The van der Waals surface area contributed by atoms with Crippen molar-refractivity contribution in [3.63, 3.8) is 0 Å². The molecule has 0 bridgehead atoms. The number of rotatable bonds is 12. The lowest BCUT2D eigenvalue weighted by Crippen LogP contribution is -2.51. The van der Waals surface area contributed by atoms with E-state index in [1.54, 1.807) is 11.3 Å². The molecule has 3 aliphatic rings. The molecule has 4 amide bonds. The van der Waals surface area contributed by atoms with Crippen molar-refractivity contribution in [3.8, 4) is 50.0 Å². The number of ether oxygens (including phenoxy) is 3. The Morgan fingerprint density at radius 2 is 1.31 bits per heavy atom. The zero-order chi connectivity index (χ0) is 49.7. The predicted molar refractivity (Wildman–Crippen MR) is 272 cm³/mol. The summed E-state index contributed by atoms with van der Waals surface area (Å²) in [5.41, 5.74) is 8.52. The van der Waals surface area contributed by atoms with Crippen molar-refractivity contribution >= 4 is 46.2 Å². The molecule has 4 aromatic heterocycles. The fourth-order valence-corrected chi connectivity index (χ4v) is 11.2. The van der Waals surface area contributed by atoms with Gasteiger partial charge in [0.15, 0.2) is 0 Å². The van der Waals surface area contributed by atoms with Crippen molar-refractivity contribution in [1.29, 1.82) is 0 Å². The van der Waals surface area contributed by atoms with Gasteiger partial charge in [-0.1, -0.05) is 58.0 Å². The van der Waals surface area contributed by atoms with E-state index in [9.17, 15) is 19.2 Å². The highest BCUT2D eigenvalue weighted by molar-refractivity contribution is 7.15. The van der Waals surface area contributed by atoms with E-state index in [4.69, 9.17) is 24.2 Å². The van der Waals surface area contributed by atoms with Gasteiger partial charge in [0.1, 0.15) is 29.5 Å². The van der Waals surface area contributed by atoms with E-state index in [-0.39, 0.29) is 35.7 Å². The molecule has 16 nitrogen and oxygen atoms in total. The number of alkyl carbamates (subject to hydrolysis) is 2. The van der Waals surface area contributed by atoms with Crippen LogP contribution in [-0.2, 0) is 19.1 Å². The van der Waals surface area contributed by atoms with Crippen molar-refractivity contribution in [2.24, 2.45) is 11.8 Å². The first kappa shape index (κ1) is 47.3. The molecule has 71 heavy (non-hydrogen) atoms. The molecule has 2 fully saturated rings. The fraction of sp³-hybridized carbons (Fsp3) is 0.370. The van der Waals surface area contributed by atoms with Crippen LogP contribution >= 0.6 is 11.3 Å². The summed E-state index contributed by atoms with van der Waals surface area (Å²) < 4.78 is 19.1. The fourth-order valence-electron chi connectivity index (χ4n) is 10.4. The number of carbonyl (C=O) groups is 4. The Bertz CT molecular complexity index is 3150. The highest BCUT2D eigenvalue weighted by Crippen LogP contribution is 2.47. The number of hydrogen-bond acceptors (Lipinski definition) is 10. The van der Waals surface area contributed by atoms with Crippen LogP contribution in [0.25, 0.3) is 55.1 Å². The minimum atomic E-state index is -0.728. The molecule has 7 heterocycles. The number of nitrogens with one attached hydrogen (secondary N) is 4. The molecular formula is C54H59N9O7S. The Morgan fingerprint density at radius 3 is 1.87 bits per heavy atom. The van der Waals surface area contributed by atoms with Crippen LogP contribution in [0.15, 0.2) is 91.3 Å². The number of thiophene rings is 1. The molecule has 5 unspecified atom stereocenters. The van der Waals surface area contributed by atoms with Gasteiger partial charge < -0.3 is 49.2 Å². The minimum absolute atomic E-state index is 0.135. The average molecular weight is 978 g/mol. The topological polar surface area (TPSA) is 189 Å². The second kappa shape index (κ2) is 19.4. The summed E-state index contributed by atoms with van der Waals surface area (Å²) in [5, 5.41) is 6.48. The third-order valence-electron chi connectivity index (χ3n) is 14.1.